The van der Waals surface area contributed by atoms with Crippen LogP contribution in [0.1, 0.15) is 10.4 Å². The van der Waals surface area contributed by atoms with Crippen LogP contribution in [0.2, 0.25) is 0 Å². The molecule has 0 amide bonds. The second-order valence-corrected chi connectivity index (χ2v) is 3.34. The molecule has 4 nitrogen and oxygen atoms in total. The molecule has 84 valence electrons. The summed E-state index contributed by atoms with van der Waals surface area (Å²) in [4.78, 5) is 21.1. The Bertz CT molecular complexity index is 538. The van der Waals surface area contributed by atoms with Gasteiger partial charge in [-0.25, -0.2) is 0 Å². The largest absolute Gasteiger partial charge is 0.457 e. The molecular weight excluding hydrogens is 218 g/mol. The number of benzene rings is 2. The van der Waals surface area contributed by atoms with Gasteiger partial charge < -0.3 is 4.74 Å². The van der Waals surface area contributed by atoms with Crippen molar-refractivity contribution in [3.8, 4) is 11.5 Å². The van der Waals surface area contributed by atoms with Crippen molar-refractivity contribution in [2.24, 2.45) is 5.18 Å². The van der Waals surface area contributed by atoms with Crippen molar-refractivity contribution in [2.45, 2.75) is 0 Å². The van der Waals surface area contributed by atoms with Crippen molar-refractivity contribution in [3.05, 3.63) is 59.0 Å². The number of carbonyl (C=O) groups is 1. The molecule has 2 rings (SSSR count). The number of para-hydroxylation sites is 1. The lowest BCUT2D eigenvalue weighted by Crippen LogP contribution is -1.86. The minimum atomic E-state index is 0.111. The summed E-state index contributed by atoms with van der Waals surface area (Å²) in [6.07, 6.45) is 0.578. The third-order valence-electron chi connectivity index (χ3n) is 2.20. The average molecular weight is 227 g/mol. The fraction of sp³-hybridized carbons (Fsp3) is 0. The molecule has 2 aromatic carbocycles. The normalized spacial score (nSPS) is 9.65. The predicted octanol–water partition coefficient (Wildman–Crippen LogP) is 3.69. The van der Waals surface area contributed by atoms with Gasteiger partial charge in [-0.15, -0.1) is 4.91 Å². The van der Waals surface area contributed by atoms with Crippen molar-refractivity contribution < 1.29 is 9.53 Å². The summed E-state index contributed by atoms with van der Waals surface area (Å²) in [5.41, 5.74) is 0.328. The molecule has 0 aliphatic rings. The smallest absolute Gasteiger partial charge is 0.152 e. The Balaban J connectivity index is 2.28. The molecule has 0 heterocycles. The van der Waals surface area contributed by atoms with E-state index in [1.165, 1.54) is 12.1 Å². The van der Waals surface area contributed by atoms with Crippen LogP contribution in [0.4, 0.5) is 5.69 Å². The molecule has 0 N–H and O–H groups in total. The molecule has 4 heteroatoms. The molecule has 2 aromatic rings. The van der Waals surface area contributed by atoms with Crippen LogP contribution >= 0.6 is 0 Å². The summed E-state index contributed by atoms with van der Waals surface area (Å²) in [6, 6.07) is 13.7. The van der Waals surface area contributed by atoms with Crippen molar-refractivity contribution in [1.29, 1.82) is 0 Å². The number of ether oxygens (including phenoxy) is 1. The summed E-state index contributed by atoms with van der Waals surface area (Å²) >= 11 is 0. The third kappa shape index (κ3) is 2.55. The molecule has 0 aliphatic heterocycles. The minimum Gasteiger partial charge on any atom is -0.457 e. The van der Waals surface area contributed by atoms with Gasteiger partial charge >= 0.3 is 0 Å². The molecule has 0 aromatic heterocycles. The van der Waals surface area contributed by atoms with Crippen LogP contribution in [-0.4, -0.2) is 6.29 Å². The summed E-state index contributed by atoms with van der Waals surface area (Å²) in [5, 5.41) is 2.75. The standard InChI is InChI=1S/C13H9NO3/c15-9-10-8-12(6-7-13(10)14-16)17-11-4-2-1-3-5-11/h1-9H. The topological polar surface area (TPSA) is 55.7 Å². The van der Waals surface area contributed by atoms with Gasteiger partial charge in [-0.2, -0.15) is 0 Å². The van der Waals surface area contributed by atoms with E-state index in [0.29, 0.717) is 17.8 Å². The lowest BCUT2D eigenvalue weighted by atomic mass is 10.2. The highest BCUT2D eigenvalue weighted by Crippen LogP contribution is 2.26. The third-order valence-corrected chi connectivity index (χ3v) is 2.20. The number of nitroso groups, excluding NO2 is 1. The van der Waals surface area contributed by atoms with Gasteiger partial charge in [0.25, 0.3) is 0 Å². The quantitative estimate of drug-likeness (QED) is 0.591. The number of aldehydes is 1. The maximum atomic E-state index is 10.7. The van der Waals surface area contributed by atoms with Gasteiger partial charge in [0.2, 0.25) is 0 Å². The highest BCUT2D eigenvalue weighted by Gasteiger charge is 2.04. The number of nitrogens with zero attached hydrogens (tertiary/aromatic N) is 1. The second-order valence-electron chi connectivity index (χ2n) is 3.34. The summed E-state index contributed by atoms with van der Waals surface area (Å²) < 4.78 is 5.52. The number of hydrogen-bond acceptors (Lipinski definition) is 4. The molecule has 0 spiro atoms. The van der Waals surface area contributed by atoms with E-state index in [4.69, 9.17) is 4.74 Å². The second kappa shape index (κ2) is 5.03. The van der Waals surface area contributed by atoms with Gasteiger partial charge in [0.15, 0.2) is 6.29 Å². The van der Waals surface area contributed by atoms with E-state index in [1.54, 1.807) is 18.2 Å². The molecular formula is C13H9NO3. The molecule has 0 fully saturated rings. The van der Waals surface area contributed by atoms with Crippen LogP contribution in [0.5, 0.6) is 11.5 Å². The van der Waals surface area contributed by atoms with Crippen LogP contribution in [0, 0.1) is 4.91 Å². The van der Waals surface area contributed by atoms with Crippen LogP contribution < -0.4 is 4.74 Å². The first kappa shape index (κ1) is 11.0. The van der Waals surface area contributed by atoms with Gasteiger partial charge in [-0.1, -0.05) is 18.2 Å². The Morgan fingerprint density at radius 3 is 2.41 bits per heavy atom. The average Bonchev–Trinajstić information content (AvgIpc) is 2.40. The van der Waals surface area contributed by atoms with Crippen LogP contribution in [0.15, 0.2) is 53.7 Å². The van der Waals surface area contributed by atoms with Crippen LogP contribution in [-0.2, 0) is 0 Å². The Morgan fingerprint density at radius 1 is 1.00 bits per heavy atom. The number of carbonyl (C=O) groups excluding carboxylic acids is 1. The molecule has 0 aliphatic carbocycles. The number of hydrogen-bond donors (Lipinski definition) is 0. The van der Waals surface area contributed by atoms with E-state index in [0.717, 1.165) is 0 Å². The van der Waals surface area contributed by atoms with E-state index >= 15 is 0 Å². The first-order valence-corrected chi connectivity index (χ1v) is 4.99. The molecule has 0 unspecified atom stereocenters. The van der Waals surface area contributed by atoms with Gasteiger partial charge in [-0.05, 0) is 35.5 Å². The Labute approximate surface area is 97.8 Å². The molecule has 17 heavy (non-hydrogen) atoms. The van der Waals surface area contributed by atoms with E-state index in [1.807, 2.05) is 18.2 Å². The molecule has 0 saturated carbocycles. The lowest BCUT2D eigenvalue weighted by molar-refractivity contribution is 0.112. The van der Waals surface area contributed by atoms with Crippen molar-refractivity contribution in [2.75, 3.05) is 0 Å². The molecule has 0 radical (unpaired) electrons. The zero-order valence-corrected chi connectivity index (χ0v) is 8.87. The van der Waals surface area contributed by atoms with Crippen LogP contribution in [0.3, 0.4) is 0 Å². The van der Waals surface area contributed by atoms with E-state index < -0.39 is 0 Å². The summed E-state index contributed by atoms with van der Waals surface area (Å²) in [7, 11) is 0. The van der Waals surface area contributed by atoms with E-state index in [-0.39, 0.29) is 11.3 Å². The highest BCUT2D eigenvalue weighted by atomic mass is 16.5. The van der Waals surface area contributed by atoms with Gasteiger partial charge in [0.1, 0.15) is 17.2 Å². The monoisotopic (exact) mass is 227 g/mol. The van der Waals surface area contributed by atoms with Crippen molar-refractivity contribution in [3.63, 3.8) is 0 Å². The minimum absolute atomic E-state index is 0.111. The first-order valence-electron chi connectivity index (χ1n) is 4.99. The van der Waals surface area contributed by atoms with Crippen LogP contribution in [0.25, 0.3) is 0 Å². The summed E-state index contributed by atoms with van der Waals surface area (Å²) in [5.74, 6) is 1.15. The SMILES string of the molecule is O=Cc1cc(Oc2ccccc2)ccc1N=O. The zero-order valence-electron chi connectivity index (χ0n) is 8.87. The lowest BCUT2D eigenvalue weighted by Gasteiger charge is -2.06. The number of rotatable bonds is 4. The fourth-order valence-corrected chi connectivity index (χ4v) is 1.40. The maximum absolute atomic E-state index is 10.7. The fourth-order valence-electron chi connectivity index (χ4n) is 1.40. The van der Waals surface area contributed by atoms with E-state index in [9.17, 15) is 9.70 Å². The Morgan fingerprint density at radius 2 is 1.76 bits per heavy atom. The Kier molecular flexibility index (Phi) is 3.25. The molecule has 0 saturated heterocycles. The highest BCUT2D eigenvalue weighted by molar-refractivity contribution is 5.83. The van der Waals surface area contributed by atoms with Gasteiger partial charge in [0, 0.05) is 5.56 Å². The van der Waals surface area contributed by atoms with Crippen molar-refractivity contribution in [1.82, 2.24) is 0 Å². The maximum Gasteiger partial charge on any atom is 0.152 e. The van der Waals surface area contributed by atoms with Crippen molar-refractivity contribution >= 4 is 12.0 Å². The molecule has 0 bridgehead atoms. The first-order chi connectivity index (χ1) is 8.33. The zero-order chi connectivity index (χ0) is 12.1. The Hall–Kier alpha value is -2.49. The van der Waals surface area contributed by atoms with E-state index in [2.05, 4.69) is 5.18 Å². The van der Waals surface area contributed by atoms with Gasteiger partial charge in [-0.3, -0.25) is 4.79 Å². The predicted molar refractivity (Wildman–Crippen MR) is 63.8 cm³/mol. The van der Waals surface area contributed by atoms with Gasteiger partial charge in [0.05, 0.1) is 0 Å². The molecule has 0 atom stereocenters. The summed E-state index contributed by atoms with van der Waals surface area (Å²) in [6.45, 7) is 0.